The summed E-state index contributed by atoms with van der Waals surface area (Å²) in [6, 6.07) is 8.97. The molecule has 1 saturated carbocycles. The summed E-state index contributed by atoms with van der Waals surface area (Å²) in [5.41, 5.74) is 3.38. The number of carbonyl (C=O) groups is 1. The highest BCUT2D eigenvalue weighted by Gasteiger charge is 2.29. The first-order valence-electron chi connectivity index (χ1n) is 13.2. The molecule has 43 heavy (non-hydrogen) atoms. The zero-order valence-corrected chi connectivity index (χ0v) is 25.2. The Bertz CT molecular complexity index is 1970. The number of nitrogens with two attached hydrogens (primary N) is 1. The predicted molar refractivity (Wildman–Crippen MR) is 162 cm³/mol. The van der Waals surface area contributed by atoms with Crippen LogP contribution in [-0.2, 0) is 28.0 Å². The molecule has 8 nitrogen and oxygen atoms in total. The minimum atomic E-state index is -2.34. The molecular weight excluding hydrogens is 613 g/mol. The van der Waals surface area contributed by atoms with E-state index in [9.17, 15) is 22.9 Å². The molecule has 3 heterocycles. The third-order valence-corrected chi connectivity index (χ3v) is 9.45. The molecule has 0 saturated heterocycles. The van der Waals surface area contributed by atoms with Crippen molar-refractivity contribution in [3.05, 3.63) is 97.6 Å². The highest BCUT2D eigenvalue weighted by atomic mass is 32.2. The van der Waals surface area contributed by atoms with E-state index in [2.05, 4.69) is 21.8 Å². The van der Waals surface area contributed by atoms with Gasteiger partial charge in [0, 0.05) is 22.9 Å². The van der Waals surface area contributed by atoms with Gasteiger partial charge >= 0.3 is 5.97 Å². The summed E-state index contributed by atoms with van der Waals surface area (Å²) in [4.78, 5) is 20.7. The Kier molecular flexibility index (Phi) is 8.02. The van der Waals surface area contributed by atoms with Crippen LogP contribution in [0.1, 0.15) is 55.6 Å². The van der Waals surface area contributed by atoms with Gasteiger partial charge in [0.05, 0.1) is 33.0 Å². The lowest BCUT2D eigenvalue weighted by atomic mass is 9.96. The topological polar surface area (TPSA) is 124 Å². The van der Waals surface area contributed by atoms with Crippen LogP contribution in [0, 0.1) is 36.3 Å². The van der Waals surface area contributed by atoms with Crippen LogP contribution in [0.5, 0.6) is 0 Å². The normalized spacial score (nSPS) is 13.5. The summed E-state index contributed by atoms with van der Waals surface area (Å²) in [7, 11) is -2.34. The molecule has 1 aliphatic carbocycles. The minimum absolute atomic E-state index is 0.0604. The molecule has 0 radical (unpaired) electrons. The molecule has 1 unspecified atom stereocenters. The van der Waals surface area contributed by atoms with Crippen molar-refractivity contribution in [3.63, 3.8) is 0 Å². The van der Waals surface area contributed by atoms with Crippen LogP contribution in [0.3, 0.4) is 0 Å². The van der Waals surface area contributed by atoms with Crippen LogP contribution in [-0.4, -0.2) is 30.8 Å². The quantitative estimate of drug-likeness (QED) is 0.130. The SMILES string of the molecule is Cc1ncc(C#Cc2cc(-c3nn(-c4nc(C(=O)O)cs4)c(CC4CC4)c3Cc3ccc([SH+](N)=O)c(F)c3)ccc2F)s1. The van der Waals surface area contributed by atoms with Crippen molar-refractivity contribution in [2.24, 2.45) is 11.1 Å². The van der Waals surface area contributed by atoms with Crippen molar-refractivity contribution < 1.29 is 22.9 Å². The van der Waals surface area contributed by atoms with Gasteiger partial charge in [-0.2, -0.15) is 5.10 Å². The van der Waals surface area contributed by atoms with E-state index in [0.717, 1.165) is 40.4 Å². The van der Waals surface area contributed by atoms with Gasteiger partial charge in [0.1, 0.15) is 5.82 Å². The zero-order chi connectivity index (χ0) is 30.2. The molecule has 1 atom stereocenters. The Hall–Kier alpha value is -4.09. The van der Waals surface area contributed by atoms with Gasteiger partial charge in [-0.25, -0.2) is 28.2 Å². The maximum Gasteiger partial charge on any atom is 0.355 e. The number of hydrogen-bond donors (Lipinski definition) is 2. The van der Waals surface area contributed by atoms with E-state index in [-0.39, 0.29) is 22.6 Å². The zero-order valence-electron chi connectivity index (χ0n) is 22.7. The van der Waals surface area contributed by atoms with Gasteiger partial charge in [0.2, 0.25) is 10.0 Å². The van der Waals surface area contributed by atoms with E-state index in [1.165, 1.54) is 34.9 Å². The Morgan fingerprint density at radius 2 is 2.00 bits per heavy atom. The number of carboxylic acids is 1. The first-order valence-corrected chi connectivity index (χ1v) is 16.2. The summed E-state index contributed by atoms with van der Waals surface area (Å²) in [6.07, 6.45) is 4.63. The fraction of sp³-hybridized carbons (Fsp3) is 0.200. The van der Waals surface area contributed by atoms with Crippen LogP contribution in [0.25, 0.3) is 16.4 Å². The number of carboxylic acid groups (broad SMARTS) is 1. The van der Waals surface area contributed by atoms with Crippen LogP contribution < -0.4 is 5.14 Å². The van der Waals surface area contributed by atoms with Crippen molar-refractivity contribution in [1.82, 2.24) is 19.7 Å². The lowest BCUT2D eigenvalue weighted by Gasteiger charge is -2.09. The fourth-order valence-corrected chi connectivity index (χ4v) is 6.59. The minimum Gasteiger partial charge on any atom is -0.476 e. The van der Waals surface area contributed by atoms with Gasteiger partial charge in [-0.1, -0.05) is 16.2 Å². The predicted octanol–water partition coefficient (Wildman–Crippen LogP) is 5.61. The summed E-state index contributed by atoms with van der Waals surface area (Å²) < 4.78 is 43.1. The van der Waals surface area contributed by atoms with Crippen LogP contribution in [0.2, 0.25) is 0 Å². The number of benzene rings is 2. The standard InChI is InChI=1S/C30H23F2N5O3S3/c1-16-34-14-21(42-16)7-5-19-13-20(6-8-23(19)31)28-22(10-18-4-9-27(43(33)40)24(32)11-18)26(12-17-2-3-17)37(36-28)30-35-25(15-41-30)29(38)39/h4,6,8-9,11,13-15,17H,2-3,10,12H2,1H3,(H2,33,40)(H,38,39)/p+1. The Labute approximate surface area is 255 Å². The number of thiazole rings is 2. The molecule has 218 valence electrons. The van der Waals surface area contributed by atoms with E-state index < -0.39 is 28.6 Å². The van der Waals surface area contributed by atoms with Gasteiger partial charge in [0.25, 0.3) is 0 Å². The van der Waals surface area contributed by atoms with Crippen LogP contribution in [0.4, 0.5) is 8.78 Å². The molecule has 0 amide bonds. The smallest absolute Gasteiger partial charge is 0.355 e. The lowest BCUT2D eigenvalue weighted by molar-refractivity contribution is 0.0691. The Morgan fingerprint density at radius 1 is 1.19 bits per heavy atom. The molecule has 1 aliphatic rings. The molecule has 3 N–H and O–H groups in total. The van der Waals surface area contributed by atoms with E-state index >= 15 is 0 Å². The monoisotopic (exact) mass is 636 g/mol. The summed E-state index contributed by atoms with van der Waals surface area (Å²) in [5.74, 6) is 3.98. The third-order valence-electron chi connectivity index (χ3n) is 6.97. The van der Waals surface area contributed by atoms with Crippen molar-refractivity contribution in [2.45, 2.75) is 37.5 Å². The first kappa shape index (κ1) is 29.0. The molecule has 13 heteroatoms. The molecule has 1 fully saturated rings. The number of nitrogens with zero attached hydrogens (tertiary/aromatic N) is 4. The average Bonchev–Trinajstić information content (AvgIpc) is 3.32. The molecule has 0 spiro atoms. The summed E-state index contributed by atoms with van der Waals surface area (Å²) in [5, 5.41) is 22.5. The summed E-state index contributed by atoms with van der Waals surface area (Å²) in [6.45, 7) is 1.87. The largest absolute Gasteiger partial charge is 0.476 e. The third kappa shape index (κ3) is 6.33. The maximum absolute atomic E-state index is 14.9. The van der Waals surface area contributed by atoms with E-state index in [4.69, 9.17) is 10.2 Å². The van der Waals surface area contributed by atoms with Gasteiger partial charge in [-0.3, -0.25) is 0 Å². The van der Waals surface area contributed by atoms with Crippen molar-refractivity contribution >= 4 is 39.6 Å². The van der Waals surface area contributed by atoms with Crippen molar-refractivity contribution in [3.8, 4) is 28.2 Å². The van der Waals surface area contributed by atoms with Crippen molar-refractivity contribution in [2.75, 3.05) is 0 Å². The lowest BCUT2D eigenvalue weighted by Crippen LogP contribution is -2.07. The van der Waals surface area contributed by atoms with Gasteiger partial charge in [0.15, 0.2) is 22.5 Å². The molecule has 0 bridgehead atoms. The van der Waals surface area contributed by atoms with Gasteiger partial charge < -0.3 is 5.11 Å². The van der Waals surface area contributed by atoms with Gasteiger partial charge in [-0.05, 0) is 73.9 Å². The fourth-order valence-electron chi connectivity index (χ4n) is 4.69. The maximum atomic E-state index is 14.9. The van der Waals surface area contributed by atoms with Gasteiger partial charge in [-0.15, -0.1) is 27.8 Å². The Balaban J connectivity index is 1.51. The summed E-state index contributed by atoms with van der Waals surface area (Å²) >= 11 is 2.56. The number of thiol groups is 1. The highest BCUT2D eigenvalue weighted by molar-refractivity contribution is 7.82. The molecule has 2 aromatic carbocycles. The second-order valence-electron chi connectivity index (χ2n) is 10.1. The van der Waals surface area contributed by atoms with E-state index in [1.807, 2.05) is 6.92 Å². The number of rotatable bonds is 8. The van der Waals surface area contributed by atoms with Crippen molar-refractivity contribution in [1.29, 1.82) is 0 Å². The van der Waals surface area contributed by atoms with Crippen LogP contribution in [0.15, 0.2) is 52.9 Å². The second-order valence-corrected chi connectivity index (χ2v) is 13.3. The van der Waals surface area contributed by atoms with E-state index in [0.29, 0.717) is 39.2 Å². The average molecular weight is 637 g/mol. The second kappa shape index (κ2) is 11.9. The molecule has 3 aromatic heterocycles. The first-order chi connectivity index (χ1) is 20.7. The number of halogens is 2. The molecule has 6 rings (SSSR count). The molecule has 0 aliphatic heterocycles. The number of aromatic carboxylic acids is 1. The van der Waals surface area contributed by atoms with Crippen LogP contribution >= 0.6 is 22.7 Å². The molecule has 5 aromatic rings. The highest BCUT2D eigenvalue weighted by Crippen LogP contribution is 2.38. The van der Waals surface area contributed by atoms with E-state index in [1.54, 1.807) is 29.1 Å². The number of aromatic nitrogens is 4. The Morgan fingerprint density at radius 3 is 2.65 bits per heavy atom. The number of hydrogen-bond acceptors (Lipinski definition) is 7. The molecular formula is C30H24F2N5O3S3+. The number of aryl methyl sites for hydroxylation is 1.